The largest absolute Gasteiger partial charge is 0.351 e. The number of hydrogen-bond acceptors (Lipinski definition) is 3. The van der Waals surface area contributed by atoms with Crippen LogP contribution in [-0.2, 0) is 12.8 Å². The molecule has 162 valence electrons. The Bertz CT molecular complexity index is 1140. The zero-order valence-electron chi connectivity index (χ0n) is 17.9. The molecule has 6 nitrogen and oxygen atoms in total. The van der Waals surface area contributed by atoms with Crippen molar-refractivity contribution in [3.05, 3.63) is 69.6 Å². The topological polar surface area (TPSA) is 70.1 Å². The first kappa shape index (κ1) is 20.1. The van der Waals surface area contributed by atoms with Crippen LogP contribution in [0.1, 0.15) is 53.2 Å². The number of aromatic nitrogens is 2. The van der Waals surface area contributed by atoms with E-state index in [2.05, 4.69) is 27.3 Å². The number of rotatable bonds is 5. The highest BCUT2D eigenvalue weighted by atomic mass is 16.2. The van der Waals surface area contributed by atoms with Gasteiger partial charge in [0.25, 0.3) is 5.91 Å². The van der Waals surface area contributed by atoms with Crippen LogP contribution in [-0.4, -0.2) is 46.5 Å². The number of amides is 1. The predicted molar refractivity (Wildman–Crippen MR) is 123 cm³/mol. The summed E-state index contributed by atoms with van der Waals surface area (Å²) in [7, 11) is 0. The molecule has 0 saturated carbocycles. The number of likely N-dealkylation sites (tertiary alicyclic amines) is 1. The van der Waals surface area contributed by atoms with Gasteiger partial charge in [-0.05, 0) is 73.9 Å². The van der Waals surface area contributed by atoms with Gasteiger partial charge < -0.3 is 15.2 Å². The minimum absolute atomic E-state index is 0.0167. The summed E-state index contributed by atoms with van der Waals surface area (Å²) in [5, 5.41) is 3.08. The maximum atomic E-state index is 12.6. The van der Waals surface area contributed by atoms with Crippen LogP contribution >= 0.6 is 0 Å². The third-order valence-corrected chi connectivity index (χ3v) is 6.87. The lowest BCUT2D eigenvalue weighted by molar-refractivity contribution is 0.0944. The number of aryl methyl sites for hydroxylation is 2. The van der Waals surface area contributed by atoms with Crippen LogP contribution in [0.25, 0.3) is 11.0 Å². The summed E-state index contributed by atoms with van der Waals surface area (Å²) in [6.07, 6.45) is 6.59. The number of imidazole rings is 1. The van der Waals surface area contributed by atoms with Gasteiger partial charge in [-0.3, -0.25) is 9.36 Å². The first-order chi connectivity index (χ1) is 15.2. The van der Waals surface area contributed by atoms with Crippen LogP contribution in [0.3, 0.4) is 0 Å². The zero-order valence-corrected chi connectivity index (χ0v) is 17.9. The molecule has 3 aromatic rings. The van der Waals surface area contributed by atoms with Gasteiger partial charge in [-0.15, -0.1) is 0 Å². The second-order valence-corrected chi connectivity index (χ2v) is 8.84. The van der Waals surface area contributed by atoms with Crippen LogP contribution in [0.15, 0.2) is 47.3 Å². The minimum atomic E-state index is -0.0167. The summed E-state index contributed by atoms with van der Waals surface area (Å²) in [5.74, 6) is 0.0219. The molecule has 2 N–H and O–H groups in total. The van der Waals surface area contributed by atoms with Crippen molar-refractivity contribution in [2.24, 2.45) is 0 Å². The van der Waals surface area contributed by atoms with Gasteiger partial charge in [0, 0.05) is 37.8 Å². The van der Waals surface area contributed by atoms with E-state index in [4.69, 9.17) is 0 Å². The number of carbonyl (C=O) groups excluding carboxylic acids is 1. The van der Waals surface area contributed by atoms with E-state index in [-0.39, 0.29) is 17.6 Å². The molecule has 1 aliphatic carbocycles. The number of para-hydroxylation sites is 2. The highest BCUT2D eigenvalue weighted by Gasteiger charge is 2.23. The lowest BCUT2D eigenvalue weighted by Gasteiger charge is -2.32. The van der Waals surface area contributed by atoms with Crippen LogP contribution in [0.2, 0.25) is 0 Å². The summed E-state index contributed by atoms with van der Waals surface area (Å²) < 4.78 is 1.92. The second-order valence-electron chi connectivity index (χ2n) is 8.84. The Kier molecular flexibility index (Phi) is 5.64. The lowest BCUT2D eigenvalue weighted by atomic mass is 9.90. The summed E-state index contributed by atoms with van der Waals surface area (Å²) in [5.41, 5.74) is 5.39. The Balaban J connectivity index is 1.12. The molecule has 1 aliphatic heterocycles. The molecule has 0 spiro atoms. The second kappa shape index (κ2) is 8.71. The standard InChI is InChI=1S/C25H30N4O2/c30-24(20-10-9-18-5-1-2-6-19(18)17-20)26-13-16-28-14-11-21(12-15-28)29-23-8-4-3-7-22(23)27-25(29)31/h3-4,7-10,17,21H,1-2,5-6,11-16H2,(H,26,30)(H,27,31). The SMILES string of the molecule is O=C(NCCN1CCC(n2c(=O)[nH]c3ccccc32)CC1)c1ccc2c(c1)CCCC2. The van der Waals surface area contributed by atoms with Crippen LogP contribution in [0.4, 0.5) is 0 Å². The lowest BCUT2D eigenvalue weighted by Crippen LogP contribution is -2.41. The number of benzene rings is 2. The van der Waals surface area contributed by atoms with Crippen molar-refractivity contribution < 1.29 is 4.79 Å². The summed E-state index contributed by atoms with van der Waals surface area (Å²) in [6, 6.07) is 14.3. The van der Waals surface area contributed by atoms with E-state index < -0.39 is 0 Å². The number of fused-ring (bicyclic) bond motifs is 2. The number of nitrogens with zero attached hydrogens (tertiary/aromatic N) is 2. The van der Waals surface area contributed by atoms with Gasteiger partial charge in [-0.25, -0.2) is 4.79 Å². The summed E-state index contributed by atoms with van der Waals surface area (Å²) in [4.78, 5) is 30.3. The number of carbonyl (C=O) groups is 1. The molecule has 2 aromatic carbocycles. The van der Waals surface area contributed by atoms with E-state index >= 15 is 0 Å². The number of nitrogens with one attached hydrogen (secondary N) is 2. The molecule has 1 fully saturated rings. The molecule has 1 aromatic heterocycles. The third-order valence-electron chi connectivity index (χ3n) is 6.87. The van der Waals surface area contributed by atoms with Gasteiger partial charge in [0.1, 0.15) is 0 Å². The van der Waals surface area contributed by atoms with Gasteiger partial charge in [-0.2, -0.15) is 0 Å². The van der Waals surface area contributed by atoms with Crippen molar-refractivity contribution in [3.8, 4) is 0 Å². The molecule has 0 radical (unpaired) electrons. The molecule has 31 heavy (non-hydrogen) atoms. The highest BCUT2D eigenvalue weighted by Crippen LogP contribution is 2.25. The summed E-state index contributed by atoms with van der Waals surface area (Å²) in [6.45, 7) is 3.36. The molecule has 1 amide bonds. The average molecular weight is 419 g/mol. The first-order valence-corrected chi connectivity index (χ1v) is 11.5. The fourth-order valence-electron chi connectivity index (χ4n) is 5.14. The highest BCUT2D eigenvalue weighted by molar-refractivity contribution is 5.94. The van der Waals surface area contributed by atoms with Gasteiger partial charge in [-0.1, -0.05) is 18.2 Å². The molecule has 0 unspecified atom stereocenters. The van der Waals surface area contributed by atoms with E-state index in [1.165, 1.54) is 24.0 Å². The minimum Gasteiger partial charge on any atom is -0.351 e. The zero-order chi connectivity index (χ0) is 21.2. The predicted octanol–water partition coefficient (Wildman–Crippen LogP) is 3.28. The molecule has 5 rings (SSSR count). The van der Waals surface area contributed by atoms with Crippen molar-refractivity contribution in [1.29, 1.82) is 0 Å². The van der Waals surface area contributed by atoms with Crippen molar-refractivity contribution in [1.82, 2.24) is 19.8 Å². The molecule has 2 aliphatic rings. The Morgan fingerprint density at radius 2 is 1.81 bits per heavy atom. The maximum Gasteiger partial charge on any atom is 0.326 e. The Hall–Kier alpha value is -2.86. The van der Waals surface area contributed by atoms with E-state index in [1.54, 1.807) is 0 Å². The molecule has 2 heterocycles. The first-order valence-electron chi connectivity index (χ1n) is 11.5. The number of aromatic amines is 1. The molecular formula is C25H30N4O2. The van der Waals surface area contributed by atoms with E-state index in [1.807, 2.05) is 34.9 Å². The van der Waals surface area contributed by atoms with E-state index in [0.717, 1.165) is 61.9 Å². The maximum absolute atomic E-state index is 12.6. The fraction of sp³-hybridized carbons (Fsp3) is 0.440. The van der Waals surface area contributed by atoms with Crippen molar-refractivity contribution in [2.45, 2.75) is 44.6 Å². The van der Waals surface area contributed by atoms with Crippen LogP contribution in [0, 0.1) is 0 Å². The van der Waals surface area contributed by atoms with Crippen molar-refractivity contribution >= 4 is 16.9 Å². The monoisotopic (exact) mass is 418 g/mol. The molecular weight excluding hydrogens is 388 g/mol. The van der Waals surface area contributed by atoms with E-state index in [0.29, 0.717) is 6.54 Å². The third kappa shape index (κ3) is 4.17. The molecule has 0 atom stereocenters. The van der Waals surface area contributed by atoms with Gasteiger partial charge in [0.15, 0.2) is 0 Å². The van der Waals surface area contributed by atoms with Crippen LogP contribution < -0.4 is 11.0 Å². The quantitative estimate of drug-likeness (QED) is 0.668. The fourth-order valence-corrected chi connectivity index (χ4v) is 5.14. The van der Waals surface area contributed by atoms with Gasteiger partial charge in [0.2, 0.25) is 0 Å². The number of hydrogen-bond donors (Lipinski definition) is 2. The van der Waals surface area contributed by atoms with Gasteiger partial charge >= 0.3 is 5.69 Å². The van der Waals surface area contributed by atoms with Gasteiger partial charge in [0.05, 0.1) is 11.0 Å². The van der Waals surface area contributed by atoms with Crippen molar-refractivity contribution in [2.75, 3.05) is 26.2 Å². The molecule has 0 bridgehead atoms. The average Bonchev–Trinajstić information content (AvgIpc) is 3.15. The Labute approximate surface area is 182 Å². The number of H-pyrrole nitrogens is 1. The Morgan fingerprint density at radius 3 is 2.65 bits per heavy atom. The summed E-state index contributed by atoms with van der Waals surface area (Å²) >= 11 is 0. The molecule has 1 saturated heterocycles. The molecule has 6 heteroatoms. The normalized spacial score (nSPS) is 17.5. The van der Waals surface area contributed by atoms with Crippen LogP contribution in [0.5, 0.6) is 0 Å². The van der Waals surface area contributed by atoms with E-state index in [9.17, 15) is 9.59 Å². The van der Waals surface area contributed by atoms with Crippen molar-refractivity contribution in [3.63, 3.8) is 0 Å². The number of piperidine rings is 1. The smallest absolute Gasteiger partial charge is 0.326 e. The Morgan fingerprint density at radius 1 is 1.03 bits per heavy atom.